The van der Waals surface area contributed by atoms with Crippen LogP contribution >= 0.6 is 12.2 Å². The SMILES string of the molecule is S=C=N[C@@H]1C[C@H]2C=C[C@@H]1C2. The highest BCUT2D eigenvalue weighted by Crippen LogP contribution is 2.40. The minimum Gasteiger partial charge on any atom is -0.229 e. The molecule has 10 heavy (non-hydrogen) atoms. The highest BCUT2D eigenvalue weighted by molar-refractivity contribution is 7.78. The lowest BCUT2D eigenvalue weighted by atomic mass is 10.0. The predicted octanol–water partition coefficient (Wildman–Crippen LogP) is 2.05. The van der Waals surface area contributed by atoms with Crippen LogP contribution in [-0.2, 0) is 0 Å². The molecule has 0 aromatic rings. The van der Waals surface area contributed by atoms with E-state index in [9.17, 15) is 0 Å². The molecule has 0 spiro atoms. The number of hydrogen-bond donors (Lipinski definition) is 0. The third-order valence-corrected chi connectivity index (χ3v) is 2.57. The maximum absolute atomic E-state index is 4.56. The van der Waals surface area contributed by atoms with Gasteiger partial charge in [0.15, 0.2) is 0 Å². The lowest BCUT2D eigenvalue weighted by molar-refractivity contribution is 0.582. The van der Waals surface area contributed by atoms with Crippen LogP contribution in [0.3, 0.4) is 0 Å². The van der Waals surface area contributed by atoms with Gasteiger partial charge in [0.05, 0.1) is 11.2 Å². The zero-order chi connectivity index (χ0) is 6.97. The van der Waals surface area contributed by atoms with Gasteiger partial charge in [0.25, 0.3) is 0 Å². The maximum Gasteiger partial charge on any atom is 0.0671 e. The molecule has 3 atom stereocenters. The third-order valence-electron chi connectivity index (χ3n) is 2.46. The summed E-state index contributed by atoms with van der Waals surface area (Å²) in [5.41, 5.74) is 0. The first-order chi connectivity index (χ1) is 4.90. The first-order valence-corrected chi connectivity index (χ1v) is 4.06. The molecule has 0 N–H and O–H groups in total. The summed E-state index contributed by atoms with van der Waals surface area (Å²) in [7, 11) is 0. The van der Waals surface area contributed by atoms with Crippen LogP contribution in [0.2, 0.25) is 0 Å². The lowest BCUT2D eigenvalue weighted by Crippen LogP contribution is -2.09. The van der Waals surface area contributed by atoms with Gasteiger partial charge in [0.1, 0.15) is 0 Å². The molecule has 52 valence electrons. The number of fused-ring (bicyclic) bond motifs is 2. The van der Waals surface area contributed by atoms with Crippen LogP contribution in [0.5, 0.6) is 0 Å². The summed E-state index contributed by atoms with van der Waals surface area (Å²) >= 11 is 4.56. The third kappa shape index (κ3) is 0.845. The number of nitrogens with zero attached hydrogens (tertiary/aromatic N) is 1. The fourth-order valence-electron chi connectivity index (χ4n) is 1.97. The van der Waals surface area contributed by atoms with Crippen molar-refractivity contribution in [1.29, 1.82) is 0 Å². The van der Waals surface area contributed by atoms with Crippen LogP contribution < -0.4 is 0 Å². The van der Waals surface area contributed by atoms with Crippen LogP contribution in [0.1, 0.15) is 12.8 Å². The molecule has 0 heterocycles. The Labute approximate surface area is 65.8 Å². The van der Waals surface area contributed by atoms with Crippen LogP contribution in [0.25, 0.3) is 0 Å². The molecule has 2 aliphatic carbocycles. The summed E-state index contributed by atoms with van der Waals surface area (Å²) in [6, 6.07) is 0.465. The molecular weight excluding hydrogens is 142 g/mol. The van der Waals surface area contributed by atoms with E-state index in [0.29, 0.717) is 12.0 Å². The molecule has 2 heteroatoms. The van der Waals surface area contributed by atoms with Gasteiger partial charge < -0.3 is 0 Å². The zero-order valence-electron chi connectivity index (χ0n) is 5.66. The molecule has 0 unspecified atom stereocenters. The Morgan fingerprint density at radius 2 is 2.30 bits per heavy atom. The van der Waals surface area contributed by atoms with Crippen molar-refractivity contribution in [2.75, 3.05) is 0 Å². The van der Waals surface area contributed by atoms with E-state index in [-0.39, 0.29) is 0 Å². The molecule has 2 rings (SSSR count). The van der Waals surface area contributed by atoms with Crippen molar-refractivity contribution in [3.05, 3.63) is 12.2 Å². The molecule has 1 saturated carbocycles. The molecule has 0 aliphatic heterocycles. The van der Waals surface area contributed by atoms with Gasteiger partial charge >= 0.3 is 0 Å². The Bertz CT molecular complexity index is 215. The van der Waals surface area contributed by atoms with Crippen LogP contribution in [0.4, 0.5) is 0 Å². The average Bonchev–Trinajstić information content (AvgIpc) is 2.48. The Morgan fingerprint density at radius 3 is 2.80 bits per heavy atom. The van der Waals surface area contributed by atoms with Crippen molar-refractivity contribution in [2.45, 2.75) is 18.9 Å². The number of allylic oxidation sites excluding steroid dienone is 1. The number of isothiocyanates is 1. The number of aliphatic imine (C=N–C) groups is 1. The summed E-state index contributed by atoms with van der Waals surface area (Å²) in [6.45, 7) is 0. The fraction of sp³-hybridized carbons (Fsp3) is 0.625. The van der Waals surface area contributed by atoms with Crippen molar-refractivity contribution >= 4 is 17.4 Å². The van der Waals surface area contributed by atoms with Gasteiger partial charge in [0, 0.05) is 5.92 Å². The highest BCUT2D eigenvalue weighted by atomic mass is 32.1. The molecule has 0 saturated heterocycles. The molecular formula is C8H9NS. The van der Waals surface area contributed by atoms with E-state index in [1.54, 1.807) is 0 Å². The molecule has 2 aliphatic rings. The molecule has 1 nitrogen and oxygen atoms in total. The minimum atomic E-state index is 0.465. The predicted molar refractivity (Wildman–Crippen MR) is 44.2 cm³/mol. The Kier molecular flexibility index (Phi) is 1.44. The first kappa shape index (κ1) is 6.26. The summed E-state index contributed by atoms with van der Waals surface area (Å²) in [5, 5.41) is 2.47. The van der Waals surface area contributed by atoms with Crippen LogP contribution in [0.15, 0.2) is 17.1 Å². The van der Waals surface area contributed by atoms with Crippen molar-refractivity contribution in [1.82, 2.24) is 0 Å². The van der Waals surface area contributed by atoms with Crippen molar-refractivity contribution in [3.8, 4) is 0 Å². The van der Waals surface area contributed by atoms with E-state index >= 15 is 0 Å². The van der Waals surface area contributed by atoms with Gasteiger partial charge in [0.2, 0.25) is 0 Å². The van der Waals surface area contributed by atoms with E-state index in [0.717, 1.165) is 5.92 Å². The normalized spacial score (nSPS) is 41.8. The quantitative estimate of drug-likeness (QED) is 0.317. The number of rotatable bonds is 1. The summed E-state index contributed by atoms with van der Waals surface area (Å²) in [6.07, 6.45) is 7.07. The number of thiocarbonyl (C=S) groups is 1. The second-order valence-corrected chi connectivity index (χ2v) is 3.25. The molecule has 2 bridgehead atoms. The smallest absolute Gasteiger partial charge is 0.0671 e. The van der Waals surface area contributed by atoms with Gasteiger partial charge in [-0.2, -0.15) is 0 Å². The summed E-state index contributed by atoms with van der Waals surface area (Å²) in [5.74, 6) is 1.47. The second-order valence-electron chi connectivity index (χ2n) is 3.07. The van der Waals surface area contributed by atoms with Gasteiger partial charge in [-0.15, -0.1) is 0 Å². The second kappa shape index (κ2) is 2.30. The first-order valence-electron chi connectivity index (χ1n) is 3.65. The standard InChI is InChI=1S/C8H9NS/c10-5-9-8-4-6-1-2-7(8)3-6/h1-2,6-8H,3-4H2/t6-,7+,8+/m0/s1. The largest absolute Gasteiger partial charge is 0.229 e. The van der Waals surface area contributed by atoms with E-state index in [1.807, 2.05) is 0 Å². The van der Waals surface area contributed by atoms with Crippen molar-refractivity contribution < 1.29 is 0 Å². The summed E-state index contributed by atoms with van der Waals surface area (Å²) in [4.78, 5) is 4.12. The fourth-order valence-corrected chi connectivity index (χ4v) is 2.10. The van der Waals surface area contributed by atoms with E-state index in [1.165, 1.54) is 12.8 Å². The van der Waals surface area contributed by atoms with Crippen molar-refractivity contribution in [2.24, 2.45) is 16.8 Å². The zero-order valence-corrected chi connectivity index (χ0v) is 6.47. The van der Waals surface area contributed by atoms with Gasteiger partial charge in [-0.05, 0) is 31.0 Å². The van der Waals surface area contributed by atoms with Crippen molar-refractivity contribution in [3.63, 3.8) is 0 Å². The number of hydrogen-bond acceptors (Lipinski definition) is 2. The van der Waals surface area contributed by atoms with Gasteiger partial charge in [-0.3, -0.25) is 0 Å². The van der Waals surface area contributed by atoms with E-state index in [4.69, 9.17) is 0 Å². The molecule has 0 aromatic carbocycles. The van der Waals surface area contributed by atoms with Gasteiger partial charge in [-0.1, -0.05) is 12.2 Å². The Hall–Kier alpha value is -0.460. The molecule has 0 radical (unpaired) electrons. The summed E-state index contributed by atoms with van der Waals surface area (Å²) < 4.78 is 0. The molecule has 0 aromatic heterocycles. The Morgan fingerprint density at radius 1 is 1.40 bits per heavy atom. The molecule has 1 fully saturated rings. The van der Waals surface area contributed by atoms with E-state index in [2.05, 4.69) is 34.5 Å². The van der Waals surface area contributed by atoms with Crippen LogP contribution in [-0.4, -0.2) is 11.2 Å². The van der Waals surface area contributed by atoms with Crippen LogP contribution in [0, 0.1) is 11.8 Å². The molecule has 0 amide bonds. The van der Waals surface area contributed by atoms with Gasteiger partial charge in [-0.25, -0.2) is 4.99 Å². The maximum atomic E-state index is 4.56. The topological polar surface area (TPSA) is 12.4 Å². The minimum absolute atomic E-state index is 0.465. The average molecular weight is 151 g/mol. The van der Waals surface area contributed by atoms with E-state index < -0.39 is 0 Å². The monoisotopic (exact) mass is 151 g/mol. The lowest BCUT2D eigenvalue weighted by Gasteiger charge is -2.09. The Balaban J connectivity index is 2.16. The highest BCUT2D eigenvalue weighted by Gasteiger charge is 2.35.